The SMILES string of the molecule is O=C(c1cccc(-n2cnnn2)c1)N1CCSC1. The van der Waals surface area contributed by atoms with Crippen LogP contribution in [0.3, 0.4) is 0 Å². The van der Waals surface area contributed by atoms with Gasteiger partial charge >= 0.3 is 0 Å². The van der Waals surface area contributed by atoms with Crippen LogP contribution in [0.1, 0.15) is 10.4 Å². The van der Waals surface area contributed by atoms with E-state index in [1.54, 1.807) is 11.8 Å². The normalized spacial score (nSPS) is 15.0. The summed E-state index contributed by atoms with van der Waals surface area (Å²) in [6.45, 7) is 0.818. The number of hydrogen-bond acceptors (Lipinski definition) is 5. The van der Waals surface area contributed by atoms with Crippen LogP contribution in [0.2, 0.25) is 0 Å². The van der Waals surface area contributed by atoms with Gasteiger partial charge in [0.15, 0.2) is 0 Å². The van der Waals surface area contributed by atoms with Crippen molar-refractivity contribution in [3.05, 3.63) is 36.2 Å². The lowest BCUT2D eigenvalue weighted by atomic mass is 10.2. The van der Waals surface area contributed by atoms with E-state index in [1.807, 2.05) is 29.2 Å². The van der Waals surface area contributed by atoms with Gasteiger partial charge in [-0.25, -0.2) is 4.68 Å². The molecule has 1 amide bonds. The van der Waals surface area contributed by atoms with Crippen molar-refractivity contribution >= 4 is 17.7 Å². The lowest BCUT2D eigenvalue weighted by Crippen LogP contribution is -2.27. The average molecular weight is 261 g/mol. The lowest BCUT2D eigenvalue weighted by molar-refractivity contribution is 0.0802. The van der Waals surface area contributed by atoms with E-state index in [0.29, 0.717) is 5.56 Å². The van der Waals surface area contributed by atoms with Crippen molar-refractivity contribution in [2.75, 3.05) is 18.2 Å². The molecule has 0 saturated carbocycles. The van der Waals surface area contributed by atoms with Crippen LogP contribution < -0.4 is 0 Å². The number of thioether (sulfide) groups is 1. The molecular weight excluding hydrogens is 250 g/mol. The van der Waals surface area contributed by atoms with Gasteiger partial charge in [0.05, 0.1) is 11.6 Å². The van der Waals surface area contributed by atoms with Crippen molar-refractivity contribution < 1.29 is 4.79 Å². The topological polar surface area (TPSA) is 63.9 Å². The molecule has 7 heteroatoms. The Balaban J connectivity index is 1.89. The van der Waals surface area contributed by atoms with Crippen LogP contribution in [-0.2, 0) is 0 Å². The molecule has 1 aromatic carbocycles. The number of benzene rings is 1. The second kappa shape index (κ2) is 4.77. The van der Waals surface area contributed by atoms with Gasteiger partial charge < -0.3 is 4.90 Å². The molecule has 0 unspecified atom stereocenters. The van der Waals surface area contributed by atoms with Gasteiger partial charge in [-0.05, 0) is 28.6 Å². The molecule has 6 nitrogen and oxygen atoms in total. The van der Waals surface area contributed by atoms with Crippen molar-refractivity contribution in [1.29, 1.82) is 0 Å². The van der Waals surface area contributed by atoms with Crippen molar-refractivity contribution in [2.24, 2.45) is 0 Å². The molecule has 1 aliphatic rings. The molecule has 0 aliphatic carbocycles. The molecule has 0 spiro atoms. The van der Waals surface area contributed by atoms with Gasteiger partial charge in [0.25, 0.3) is 5.91 Å². The van der Waals surface area contributed by atoms with E-state index in [0.717, 1.165) is 23.9 Å². The van der Waals surface area contributed by atoms with E-state index in [1.165, 1.54) is 11.0 Å². The van der Waals surface area contributed by atoms with Crippen molar-refractivity contribution in [2.45, 2.75) is 0 Å². The summed E-state index contributed by atoms with van der Waals surface area (Å²) < 4.78 is 1.54. The maximum absolute atomic E-state index is 12.2. The van der Waals surface area contributed by atoms with Gasteiger partial charge in [-0.3, -0.25) is 4.79 Å². The van der Waals surface area contributed by atoms with Crippen LogP contribution in [0.4, 0.5) is 0 Å². The molecule has 0 atom stereocenters. The molecule has 92 valence electrons. The van der Waals surface area contributed by atoms with Gasteiger partial charge in [0.1, 0.15) is 6.33 Å². The lowest BCUT2D eigenvalue weighted by Gasteiger charge is -2.14. The highest BCUT2D eigenvalue weighted by atomic mass is 32.2. The third-order valence-electron chi connectivity index (χ3n) is 2.75. The number of amides is 1. The quantitative estimate of drug-likeness (QED) is 0.800. The summed E-state index contributed by atoms with van der Waals surface area (Å²) in [4.78, 5) is 14.1. The summed E-state index contributed by atoms with van der Waals surface area (Å²) in [5.41, 5.74) is 1.46. The molecule has 0 radical (unpaired) electrons. The number of tetrazole rings is 1. The Bertz CT molecular complexity index is 550. The van der Waals surface area contributed by atoms with Gasteiger partial charge in [-0.15, -0.1) is 16.9 Å². The molecule has 2 heterocycles. The van der Waals surface area contributed by atoms with Crippen LogP contribution in [0.25, 0.3) is 5.69 Å². The molecule has 0 N–H and O–H groups in total. The summed E-state index contributed by atoms with van der Waals surface area (Å²) in [5, 5.41) is 11.0. The van der Waals surface area contributed by atoms with E-state index in [-0.39, 0.29) is 5.91 Å². The molecule has 1 fully saturated rings. The third-order valence-corrected chi connectivity index (χ3v) is 3.71. The first-order valence-electron chi connectivity index (χ1n) is 5.55. The Kier molecular flexibility index (Phi) is 2.97. The molecule has 1 aliphatic heterocycles. The zero-order valence-corrected chi connectivity index (χ0v) is 10.4. The molecule has 0 bridgehead atoms. The number of carbonyl (C=O) groups excluding carboxylic acids is 1. The predicted molar refractivity (Wildman–Crippen MR) is 67.5 cm³/mol. The number of nitrogens with zero attached hydrogens (tertiary/aromatic N) is 5. The first-order chi connectivity index (χ1) is 8.84. The minimum absolute atomic E-state index is 0.0647. The highest BCUT2D eigenvalue weighted by Crippen LogP contribution is 2.18. The summed E-state index contributed by atoms with van der Waals surface area (Å²) in [6, 6.07) is 7.33. The van der Waals surface area contributed by atoms with Gasteiger partial charge in [-0.2, -0.15) is 0 Å². The zero-order chi connectivity index (χ0) is 12.4. The van der Waals surface area contributed by atoms with Crippen LogP contribution in [0.5, 0.6) is 0 Å². The Morgan fingerprint density at radius 1 is 1.39 bits per heavy atom. The van der Waals surface area contributed by atoms with E-state index < -0.39 is 0 Å². The van der Waals surface area contributed by atoms with E-state index in [9.17, 15) is 4.79 Å². The second-order valence-electron chi connectivity index (χ2n) is 3.91. The molecular formula is C11H11N5OS. The minimum atomic E-state index is 0.0647. The summed E-state index contributed by atoms with van der Waals surface area (Å²) in [6.07, 6.45) is 1.51. The predicted octanol–water partition coefficient (Wildman–Crippen LogP) is 0.809. The number of carbonyl (C=O) groups is 1. The van der Waals surface area contributed by atoms with Crippen molar-refractivity contribution in [1.82, 2.24) is 25.1 Å². The van der Waals surface area contributed by atoms with E-state index in [4.69, 9.17) is 0 Å². The minimum Gasteiger partial charge on any atom is -0.329 e. The maximum atomic E-state index is 12.2. The fourth-order valence-corrected chi connectivity index (χ4v) is 2.76. The van der Waals surface area contributed by atoms with Crippen LogP contribution >= 0.6 is 11.8 Å². The summed E-state index contributed by atoms with van der Waals surface area (Å²) in [5.74, 6) is 1.85. The standard InChI is InChI=1S/C11H11N5OS/c17-11(15-4-5-18-8-15)9-2-1-3-10(6-9)16-7-12-13-14-16/h1-3,6-7H,4-5,8H2. The molecule has 2 aromatic rings. The largest absolute Gasteiger partial charge is 0.329 e. The number of aromatic nitrogens is 4. The smallest absolute Gasteiger partial charge is 0.254 e. The first kappa shape index (κ1) is 11.2. The number of hydrogen-bond donors (Lipinski definition) is 0. The van der Waals surface area contributed by atoms with Crippen LogP contribution in [-0.4, -0.2) is 49.2 Å². The Morgan fingerprint density at radius 3 is 3.06 bits per heavy atom. The Labute approximate surface area is 108 Å². The van der Waals surface area contributed by atoms with Crippen molar-refractivity contribution in [3.63, 3.8) is 0 Å². The van der Waals surface area contributed by atoms with Crippen molar-refractivity contribution in [3.8, 4) is 5.69 Å². The first-order valence-corrected chi connectivity index (χ1v) is 6.70. The highest BCUT2D eigenvalue weighted by molar-refractivity contribution is 7.99. The summed E-state index contributed by atoms with van der Waals surface area (Å²) in [7, 11) is 0. The fourth-order valence-electron chi connectivity index (χ4n) is 1.82. The maximum Gasteiger partial charge on any atom is 0.254 e. The van der Waals surface area contributed by atoms with Crippen LogP contribution in [0, 0.1) is 0 Å². The second-order valence-corrected chi connectivity index (χ2v) is 4.99. The van der Waals surface area contributed by atoms with Gasteiger partial charge in [-0.1, -0.05) is 6.07 Å². The molecule has 1 saturated heterocycles. The molecule has 1 aromatic heterocycles. The Morgan fingerprint density at radius 2 is 2.33 bits per heavy atom. The number of rotatable bonds is 2. The fraction of sp³-hybridized carbons (Fsp3) is 0.273. The van der Waals surface area contributed by atoms with Gasteiger partial charge in [0.2, 0.25) is 0 Å². The molecule has 3 rings (SSSR count). The Hall–Kier alpha value is -1.89. The molecule has 18 heavy (non-hydrogen) atoms. The van der Waals surface area contributed by atoms with Gasteiger partial charge in [0, 0.05) is 17.9 Å². The zero-order valence-electron chi connectivity index (χ0n) is 9.56. The highest BCUT2D eigenvalue weighted by Gasteiger charge is 2.20. The van der Waals surface area contributed by atoms with E-state index >= 15 is 0 Å². The summed E-state index contributed by atoms with van der Waals surface area (Å²) >= 11 is 1.77. The monoisotopic (exact) mass is 261 g/mol. The average Bonchev–Trinajstić information content (AvgIpc) is 3.11. The van der Waals surface area contributed by atoms with Crippen LogP contribution in [0.15, 0.2) is 30.6 Å². The van der Waals surface area contributed by atoms with E-state index in [2.05, 4.69) is 15.5 Å². The third kappa shape index (κ3) is 2.08.